The van der Waals surface area contributed by atoms with E-state index in [1.54, 1.807) is 12.1 Å². The van der Waals surface area contributed by atoms with Crippen molar-refractivity contribution in [3.8, 4) is 0 Å². The molecule has 0 unspecified atom stereocenters. The molecular weight excluding hydrogens is 310 g/mol. The molecule has 0 bridgehead atoms. The van der Waals surface area contributed by atoms with Gasteiger partial charge < -0.3 is 10.1 Å². The Bertz CT molecular complexity index is 824. The van der Waals surface area contributed by atoms with Crippen LogP contribution in [0.25, 0.3) is 0 Å². The van der Waals surface area contributed by atoms with Gasteiger partial charge in [-0.1, -0.05) is 4.98 Å². The van der Waals surface area contributed by atoms with Gasteiger partial charge >= 0.3 is 5.95 Å². The summed E-state index contributed by atoms with van der Waals surface area (Å²) in [6.07, 6.45) is 3.84. The molecule has 22 heavy (non-hydrogen) atoms. The number of sulfone groups is 1. The molecule has 2 rings (SSSR count). The molecule has 0 spiro atoms. The Kier molecular flexibility index (Phi) is 4.22. The highest BCUT2D eigenvalue weighted by Crippen LogP contribution is 2.14. The molecule has 0 saturated heterocycles. The van der Waals surface area contributed by atoms with Crippen molar-refractivity contribution in [2.75, 3.05) is 11.7 Å². The minimum Gasteiger partial charge on any atom is -0.390 e. The lowest BCUT2D eigenvalue weighted by molar-refractivity contribution is -0.396. The summed E-state index contributed by atoms with van der Waals surface area (Å²) in [6, 6.07) is 6.06. The average Bonchev–Trinajstić information content (AvgIpc) is 2.80. The SMILES string of the molecule is Cn1c(/C=N/Nc2ccc(S(C)(=O)=O)cc2)cnc1[N+](=O)[O-]. The quantitative estimate of drug-likeness (QED) is 0.501. The average molecular weight is 323 g/mol. The van der Waals surface area contributed by atoms with Crippen molar-refractivity contribution in [3.05, 3.63) is 46.3 Å². The molecule has 116 valence electrons. The summed E-state index contributed by atoms with van der Waals surface area (Å²) < 4.78 is 23.9. The van der Waals surface area contributed by atoms with Gasteiger partial charge in [-0.3, -0.25) is 5.43 Å². The van der Waals surface area contributed by atoms with Crippen LogP contribution in [0.1, 0.15) is 5.69 Å². The number of benzene rings is 1. The van der Waals surface area contributed by atoms with E-state index < -0.39 is 14.8 Å². The minimum absolute atomic E-state index is 0.212. The normalized spacial score (nSPS) is 11.7. The fourth-order valence-electron chi connectivity index (χ4n) is 1.65. The van der Waals surface area contributed by atoms with E-state index in [-0.39, 0.29) is 10.8 Å². The van der Waals surface area contributed by atoms with Crippen molar-refractivity contribution in [2.45, 2.75) is 4.90 Å². The minimum atomic E-state index is -3.24. The van der Waals surface area contributed by atoms with Crippen molar-refractivity contribution < 1.29 is 13.3 Å². The highest BCUT2D eigenvalue weighted by Gasteiger charge is 2.15. The van der Waals surface area contributed by atoms with Gasteiger partial charge in [-0.15, -0.1) is 0 Å². The summed E-state index contributed by atoms with van der Waals surface area (Å²) in [4.78, 5) is 13.9. The second-order valence-corrected chi connectivity index (χ2v) is 6.48. The monoisotopic (exact) mass is 323 g/mol. The molecule has 0 amide bonds. The fraction of sp³-hybridized carbons (Fsp3) is 0.167. The van der Waals surface area contributed by atoms with E-state index in [2.05, 4.69) is 15.5 Å². The zero-order chi connectivity index (χ0) is 16.3. The maximum Gasteiger partial charge on any atom is 0.434 e. The standard InChI is InChI=1S/C12H13N5O4S/c1-16-10(7-13-12(16)17(18)19)8-14-15-9-3-5-11(6-4-9)22(2,20)21/h3-8,15H,1-2H3/b14-8+. The molecule has 0 radical (unpaired) electrons. The molecule has 0 atom stereocenters. The van der Waals surface area contributed by atoms with Crippen molar-refractivity contribution >= 4 is 27.7 Å². The van der Waals surface area contributed by atoms with Gasteiger partial charge in [0.15, 0.2) is 15.5 Å². The Balaban J connectivity index is 2.08. The van der Waals surface area contributed by atoms with Crippen molar-refractivity contribution in [2.24, 2.45) is 12.1 Å². The van der Waals surface area contributed by atoms with Crippen molar-refractivity contribution in [1.82, 2.24) is 9.55 Å². The summed E-state index contributed by atoms with van der Waals surface area (Å²) in [5.74, 6) is -0.279. The predicted molar refractivity (Wildman–Crippen MR) is 80.6 cm³/mol. The molecule has 0 aliphatic heterocycles. The Morgan fingerprint density at radius 3 is 2.50 bits per heavy atom. The van der Waals surface area contributed by atoms with Gasteiger partial charge in [0.25, 0.3) is 0 Å². The first kappa shape index (κ1) is 15.6. The fourth-order valence-corrected chi connectivity index (χ4v) is 2.28. The molecule has 1 aromatic carbocycles. The third-order valence-electron chi connectivity index (χ3n) is 2.84. The smallest absolute Gasteiger partial charge is 0.390 e. The predicted octanol–water partition coefficient (Wildman–Crippen LogP) is 1.18. The van der Waals surface area contributed by atoms with Crippen LogP contribution in [0.15, 0.2) is 40.5 Å². The number of nitrogens with zero attached hydrogens (tertiary/aromatic N) is 4. The first-order valence-corrected chi connectivity index (χ1v) is 7.93. The van der Waals surface area contributed by atoms with Crippen LogP contribution in [0.2, 0.25) is 0 Å². The third kappa shape index (κ3) is 3.47. The molecule has 1 N–H and O–H groups in total. The molecule has 10 heteroatoms. The summed E-state index contributed by atoms with van der Waals surface area (Å²) in [5, 5.41) is 14.6. The second kappa shape index (κ2) is 5.93. The van der Waals surface area contributed by atoms with Gasteiger partial charge in [0.2, 0.25) is 0 Å². The number of rotatable bonds is 5. The largest absolute Gasteiger partial charge is 0.434 e. The molecule has 1 heterocycles. The molecule has 0 aliphatic carbocycles. The van der Waals surface area contributed by atoms with Crippen molar-refractivity contribution in [1.29, 1.82) is 0 Å². The van der Waals surface area contributed by atoms with Crippen LogP contribution in [-0.4, -0.2) is 35.4 Å². The Labute approximate surface area is 126 Å². The third-order valence-corrected chi connectivity index (χ3v) is 3.96. The number of imidazole rings is 1. The Morgan fingerprint density at radius 2 is 2.00 bits per heavy atom. The highest BCUT2D eigenvalue weighted by molar-refractivity contribution is 7.90. The van der Waals surface area contributed by atoms with Gasteiger partial charge in [-0.05, 0) is 29.2 Å². The van der Waals surface area contributed by atoms with Crippen LogP contribution in [0.3, 0.4) is 0 Å². The van der Waals surface area contributed by atoms with Gasteiger partial charge in [0.1, 0.15) is 6.20 Å². The maximum atomic E-state index is 11.3. The van der Waals surface area contributed by atoms with Crippen LogP contribution in [0.5, 0.6) is 0 Å². The number of hydrazone groups is 1. The number of hydrogen-bond donors (Lipinski definition) is 1. The molecule has 2 aromatic rings. The van der Waals surface area contributed by atoms with Crippen LogP contribution in [0, 0.1) is 10.1 Å². The molecule has 9 nitrogen and oxygen atoms in total. The number of nitro groups is 1. The van der Waals surface area contributed by atoms with E-state index in [1.165, 1.54) is 36.2 Å². The van der Waals surface area contributed by atoms with Gasteiger partial charge in [-0.2, -0.15) is 5.10 Å². The zero-order valence-corrected chi connectivity index (χ0v) is 12.6. The van der Waals surface area contributed by atoms with E-state index in [0.29, 0.717) is 11.4 Å². The first-order valence-electron chi connectivity index (χ1n) is 6.04. The van der Waals surface area contributed by atoms with Crippen LogP contribution in [0.4, 0.5) is 11.6 Å². The van der Waals surface area contributed by atoms with Crippen LogP contribution in [-0.2, 0) is 16.9 Å². The Morgan fingerprint density at radius 1 is 1.36 bits per heavy atom. The van der Waals surface area contributed by atoms with Gasteiger partial charge in [0, 0.05) is 6.26 Å². The number of aromatic nitrogens is 2. The van der Waals surface area contributed by atoms with E-state index in [0.717, 1.165) is 6.26 Å². The van der Waals surface area contributed by atoms with Crippen LogP contribution >= 0.6 is 0 Å². The summed E-state index contributed by atoms with van der Waals surface area (Å²) >= 11 is 0. The van der Waals surface area contributed by atoms with E-state index in [4.69, 9.17) is 0 Å². The number of nitrogens with one attached hydrogen (secondary N) is 1. The summed E-state index contributed by atoms with van der Waals surface area (Å²) in [6.45, 7) is 0. The topological polar surface area (TPSA) is 119 Å². The van der Waals surface area contributed by atoms with Crippen molar-refractivity contribution in [3.63, 3.8) is 0 Å². The van der Waals surface area contributed by atoms with Gasteiger partial charge in [-0.25, -0.2) is 13.0 Å². The lowest BCUT2D eigenvalue weighted by Gasteiger charge is -2.01. The molecule has 0 fully saturated rings. The van der Waals surface area contributed by atoms with Crippen LogP contribution < -0.4 is 5.43 Å². The van der Waals surface area contributed by atoms with E-state index in [1.807, 2.05) is 0 Å². The lowest BCUT2D eigenvalue weighted by Crippen LogP contribution is -2.02. The number of anilines is 1. The summed E-state index contributed by atoms with van der Waals surface area (Å²) in [7, 11) is -1.73. The summed E-state index contributed by atoms with van der Waals surface area (Å²) in [5.41, 5.74) is 3.74. The first-order chi connectivity index (χ1) is 10.3. The molecule has 1 aromatic heterocycles. The molecule has 0 saturated carbocycles. The molecular formula is C12H13N5O4S. The van der Waals surface area contributed by atoms with E-state index in [9.17, 15) is 18.5 Å². The van der Waals surface area contributed by atoms with Gasteiger partial charge in [0.05, 0.1) is 23.8 Å². The Hall–Kier alpha value is -2.75. The second-order valence-electron chi connectivity index (χ2n) is 4.47. The highest BCUT2D eigenvalue weighted by atomic mass is 32.2. The maximum absolute atomic E-state index is 11.3. The zero-order valence-electron chi connectivity index (χ0n) is 11.8. The number of hydrogen-bond acceptors (Lipinski definition) is 7. The lowest BCUT2D eigenvalue weighted by atomic mass is 10.3. The molecule has 0 aliphatic rings. The van der Waals surface area contributed by atoms with E-state index >= 15 is 0 Å².